The molecule has 3 N–H and O–H groups in total. The molecule has 0 aliphatic rings. The molecule has 0 aliphatic carbocycles. The Morgan fingerprint density at radius 2 is 1.78 bits per heavy atom. The molecule has 4 rings (SSSR count). The van der Waals surface area contributed by atoms with Crippen molar-refractivity contribution < 1.29 is 5.11 Å². The molecule has 7 heteroatoms. The van der Waals surface area contributed by atoms with Crippen molar-refractivity contribution in [1.29, 1.82) is 0 Å². The van der Waals surface area contributed by atoms with Crippen molar-refractivity contribution in [3.8, 4) is 11.8 Å². The number of nitrogens with one attached hydrogen (secondary N) is 2. The lowest BCUT2D eigenvalue weighted by Crippen LogP contribution is -2.08. The van der Waals surface area contributed by atoms with E-state index in [0.29, 0.717) is 48.8 Å². The first-order valence-corrected chi connectivity index (χ1v) is 10.9. The molecular weight excluding hydrogens is 445 g/mol. The maximum Gasteiger partial charge on any atom is 0.256 e. The monoisotopic (exact) mass is 465 g/mol. The molecule has 2 aromatic carbocycles. The van der Waals surface area contributed by atoms with Gasteiger partial charge in [0.1, 0.15) is 5.82 Å². The van der Waals surface area contributed by atoms with Crippen LogP contribution in [0.4, 0.5) is 11.5 Å². The van der Waals surface area contributed by atoms with Gasteiger partial charge in [0.2, 0.25) is 0 Å². The van der Waals surface area contributed by atoms with Gasteiger partial charge in [-0.3, -0.25) is 4.79 Å². The number of halogens is 2. The van der Waals surface area contributed by atoms with Gasteiger partial charge < -0.3 is 15.4 Å². The fraction of sp³-hybridized carbons (Fsp3) is 0.200. The SMILES string of the molecule is CC(C)C#Cc1ccc2nc(Nc3c(Cl)cc([C@@H](C)O)cc3Cl)c3cc[nH]c(=O)c3c2c1. The Morgan fingerprint density at radius 3 is 2.44 bits per heavy atom. The minimum absolute atomic E-state index is 0.228. The third-order valence-electron chi connectivity index (χ3n) is 5.01. The van der Waals surface area contributed by atoms with Crippen LogP contribution in [0.15, 0.2) is 47.4 Å². The molecule has 0 amide bonds. The molecule has 0 aliphatic heterocycles. The standard InChI is InChI=1S/C25H21Cl2N3O2/c1-13(2)4-5-15-6-7-21-18(10-15)22-17(8-9-28-25(22)32)24(29-21)30-23-19(26)11-16(14(3)31)12-20(23)27/h6-14,31H,1-3H3,(H,28,32)(H,29,30)/t14-/m1/s1. The number of aromatic amines is 1. The normalized spacial score (nSPS) is 12.1. The molecule has 32 heavy (non-hydrogen) atoms. The molecule has 1 atom stereocenters. The molecule has 0 unspecified atom stereocenters. The first-order valence-electron chi connectivity index (χ1n) is 10.2. The summed E-state index contributed by atoms with van der Waals surface area (Å²) in [6.07, 6.45) is 0.871. The van der Waals surface area contributed by atoms with Crippen LogP contribution in [0, 0.1) is 17.8 Å². The van der Waals surface area contributed by atoms with E-state index >= 15 is 0 Å². The summed E-state index contributed by atoms with van der Waals surface area (Å²) in [5.41, 5.74) is 2.28. The van der Waals surface area contributed by atoms with Crippen molar-refractivity contribution in [3.05, 3.63) is 74.1 Å². The van der Waals surface area contributed by atoms with E-state index in [1.165, 1.54) is 0 Å². The second-order valence-corrected chi connectivity index (χ2v) is 8.69. The predicted octanol–water partition coefficient (Wildman–Crippen LogP) is 6.19. The summed E-state index contributed by atoms with van der Waals surface area (Å²) in [7, 11) is 0. The van der Waals surface area contributed by atoms with Gasteiger partial charge in [0.25, 0.3) is 5.56 Å². The topological polar surface area (TPSA) is 78.0 Å². The molecule has 2 aromatic heterocycles. The van der Waals surface area contributed by atoms with Gasteiger partial charge in [-0.25, -0.2) is 4.98 Å². The van der Waals surface area contributed by atoms with Gasteiger partial charge in [0.05, 0.1) is 32.7 Å². The third-order valence-corrected chi connectivity index (χ3v) is 5.61. The number of anilines is 2. The van der Waals surface area contributed by atoms with Crippen LogP contribution in [0.25, 0.3) is 21.7 Å². The van der Waals surface area contributed by atoms with E-state index in [1.54, 1.807) is 31.3 Å². The van der Waals surface area contributed by atoms with Gasteiger partial charge in [-0.05, 0) is 48.9 Å². The first kappa shape index (κ1) is 22.2. The molecule has 0 saturated carbocycles. The largest absolute Gasteiger partial charge is 0.389 e. The van der Waals surface area contributed by atoms with E-state index in [0.717, 1.165) is 5.56 Å². The van der Waals surface area contributed by atoms with Gasteiger partial charge in [-0.1, -0.05) is 48.9 Å². The van der Waals surface area contributed by atoms with Crippen molar-refractivity contribution in [2.45, 2.75) is 26.9 Å². The maximum atomic E-state index is 12.8. The van der Waals surface area contributed by atoms with Crippen LogP contribution in [0.1, 0.15) is 38.0 Å². The molecule has 0 radical (unpaired) electrons. The number of H-pyrrole nitrogens is 1. The lowest BCUT2D eigenvalue weighted by Gasteiger charge is -2.15. The molecule has 2 heterocycles. The van der Waals surface area contributed by atoms with Crippen LogP contribution in [-0.4, -0.2) is 15.1 Å². The Bertz CT molecular complexity index is 1440. The van der Waals surface area contributed by atoms with Gasteiger partial charge in [0, 0.05) is 28.5 Å². The number of aromatic nitrogens is 2. The summed E-state index contributed by atoms with van der Waals surface area (Å²) in [4.78, 5) is 20.3. The van der Waals surface area contributed by atoms with E-state index in [9.17, 15) is 9.90 Å². The van der Waals surface area contributed by atoms with Gasteiger partial charge >= 0.3 is 0 Å². The van der Waals surface area contributed by atoms with Crippen molar-refractivity contribution in [3.63, 3.8) is 0 Å². The summed E-state index contributed by atoms with van der Waals surface area (Å²) in [5.74, 6) is 6.98. The quantitative estimate of drug-likeness (QED) is 0.249. The second-order valence-electron chi connectivity index (χ2n) is 7.87. The van der Waals surface area contributed by atoms with Crippen molar-refractivity contribution >= 4 is 56.4 Å². The number of aliphatic hydroxyl groups is 1. The summed E-state index contributed by atoms with van der Waals surface area (Å²) in [6, 6.07) is 10.7. The maximum absolute atomic E-state index is 12.8. The average molecular weight is 466 g/mol. The Kier molecular flexibility index (Phi) is 6.12. The zero-order chi connectivity index (χ0) is 23.0. The number of pyridine rings is 2. The second kappa shape index (κ2) is 8.84. The molecule has 4 aromatic rings. The highest BCUT2D eigenvalue weighted by atomic mass is 35.5. The molecule has 0 bridgehead atoms. The number of aliphatic hydroxyl groups excluding tert-OH is 1. The van der Waals surface area contributed by atoms with E-state index in [1.807, 2.05) is 32.0 Å². The van der Waals surface area contributed by atoms with Gasteiger partial charge in [-0.2, -0.15) is 0 Å². The Morgan fingerprint density at radius 1 is 1.06 bits per heavy atom. The highest BCUT2D eigenvalue weighted by Crippen LogP contribution is 2.37. The predicted molar refractivity (Wildman–Crippen MR) is 132 cm³/mol. The Hall–Kier alpha value is -3.04. The minimum Gasteiger partial charge on any atom is -0.389 e. The average Bonchev–Trinajstić information content (AvgIpc) is 2.74. The molecular formula is C25H21Cl2N3O2. The van der Waals surface area contributed by atoms with Gasteiger partial charge in [-0.15, -0.1) is 0 Å². The fourth-order valence-corrected chi connectivity index (χ4v) is 4.03. The first-order chi connectivity index (χ1) is 15.2. The number of fused-ring (bicyclic) bond motifs is 3. The summed E-state index contributed by atoms with van der Waals surface area (Å²) < 4.78 is 0. The number of rotatable bonds is 3. The van der Waals surface area contributed by atoms with Crippen molar-refractivity contribution in [2.24, 2.45) is 5.92 Å². The molecule has 0 saturated heterocycles. The van der Waals surface area contributed by atoms with E-state index in [-0.39, 0.29) is 11.5 Å². The third kappa shape index (κ3) is 4.31. The van der Waals surface area contributed by atoms with Crippen LogP contribution in [0.2, 0.25) is 10.0 Å². The lowest BCUT2D eigenvalue weighted by atomic mass is 10.0. The van der Waals surface area contributed by atoms with Crippen LogP contribution in [-0.2, 0) is 0 Å². The van der Waals surface area contributed by atoms with Crippen LogP contribution in [0.3, 0.4) is 0 Å². The fourth-order valence-electron chi connectivity index (χ4n) is 3.43. The number of benzene rings is 2. The molecule has 5 nitrogen and oxygen atoms in total. The zero-order valence-corrected chi connectivity index (χ0v) is 19.3. The van der Waals surface area contributed by atoms with Gasteiger partial charge in [0.15, 0.2) is 0 Å². The van der Waals surface area contributed by atoms with Crippen LogP contribution in [0.5, 0.6) is 0 Å². The molecule has 0 spiro atoms. The molecule has 162 valence electrons. The summed E-state index contributed by atoms with van der Waals surface area (Å²) >= 11 is 12.9. The van der Waals surface area contributed by atoms with E-state index in [4.69, 9.17) is 28.2 Å². The Balaban J connectivity index is 1.92. The zero-order valence-electron chi connectivity index (χ0n) is 17.8. The number of hydrogen-bond acceptors (Lipinski definition) is 4. The highest BCUT2D eigenvalue weighted by molar-refractivity contribution is 6.39. The van der Waals surface area contributed by atoms with Crippen molar-refractivity contribution in [1.82, 2.24) is 9.97 Å². The Labute approximate surface area is 195 Å². The van der Waals surface area contributed by atoms with E-state index in [2.05, 4.69) is 22.1 Å². The summed E-state index contributed by atoms with van der Waals surface area (Å²) in [5, 5.41) is 15.5. The lowest BCUT2D eigenvalue weighted by molar-refractivity contribution is 0.199. The van der Waals surface area contributed by atoms with Crippen LogP contribution >= 0.6 is 23.2 Å². The van der Waals surface area contributed by atoms with Crippen molar-refractivity contribution in [2.75, 3.05) is 5.32 Å². The highest BCUT2D eigenvalue weighted by Gasteiger charge is 2.16. The van der Waals surface area contributed by atoms with E-state index < -0.39 is 6.10 Å². The number of nitrogens with zero attached hydrogens (tertiary/aromatic N) is 1. The molecule has 0 fully saturated rings. The van der Waals surface area contributed by atoms with Crippen LogP contribution < -0.4 is 10.9 Å². The minimum atomic E-state index is -0.703. The smallest absolute Gasteiger partial charge is 0.256 e. The summed E-state index contributed by atoms with van der Waals surface area (Å²) in [6.45, 7) is 5.69. The number of hydrogen-bond donors (Lipinski definition) is 3.